The highest BCUT2D eigenvalue weighted by Gasteiger charge is 2.00. The molecule has 0 heterocycles. The Bertz CT molecular complexity index is 87.7. The van der Waals surface area contributed by atoms with E-state index in [2.05, 4.69) is 0 Å². The highest BCUT2D eigenvalue weighted by atomic mass is 31.2. The molecule has 0 rings (SSSR count). The fourth-order valence-corrected chi connectivity index (χ4v) is 0. The minimum Gasteiger partial charge on any atom is -0.303 e. The van der Waals surface area contributed by atoms with Crippen molar-refractivity contribution in [1.29, 1.82) is 0 Å². The van der Waals surface area contributed by atoms with Gasteiger partial charge in [-0.05, 0) is 0 Å². The second-order valence-electron chi connectivity index (χ2n) is 1.48. The van der Waals surface area contributed by atoms with Crippen LogP contribution in [0.1, 0.15) is 0 Å². The third kappa shape index (κ3) is 324000. The number of hydrazine groups is 1. The van der Waals surface area contributed by atoms with Gasteiger partial charge in [-0.3, -0.25) is 10.9 Å². The van der Waals surface area contributed by atoms with E-state index in [4.69, 9.17) is 25.1 Å². The number of phosphoric acid groups is 1. The van der Waals surface area contributed by atoms with E-state index < -0.39 is 7.82 Å². The predicted octanol–water partition coefficient (Wildman–Crippen LogP) is -1.51. The SMILES string of the molecule is CN(C)N.O=P(O)(O)O. The fourth-order valence-electron chi connectivity index (χ4n) is 0. The van der Waals surface area contributed by atoms with Crippen LogP contribution in [-0.4, -0.2) is 33.8 Å². The molecule has 0 amide bonds. The van der Waals surface area contributed by atoms with Gasteiger partial charge in [-0.2, -0.15) is 0 Å². The van der Waals surface area contributed by atoms with Crippen molar-refractivity contribution < 1.29 is 19.2 Å². The van der Waals surface area contributed by atoms with Crippen LogP contribution >= 0.6 is 7.82 Å². The molecule has 0 aliphatic rings. The first-order valence-electron chi connectivity index (χ1n) is 1.94. The predicted molar refractivity (Wildman–Crippen MR) is 32.1 cm³/mol. The van der Waals surface area contributed by atoms with Crippen LogP contribution in [0.15, 0.2) is 0 Å². The Balaban J connectivity index is 0. The molecule has 9 heavy (non-hydrogen) atoms. The summed E-state index contributed by atoms with van der Waals surface area (Å²) in [5, 5.41) is 1.50. The summed E-state index contributed by atoms with van der Waals surface area (Å²) in [6.45, 7) is 0. The van der Waals surface area contributed by atoms with Crippen LogP contribution in [-0.2, 0) is 4.57 Å². The van der Waals surface area contributed by atoms with Crippen molar-refractivity contribution in [2.24, 2.45) is 5.84 Å². The molecular weight excluding hydrogens is 147 g/mol. The number of nitrogens with two attached hydrogens (primary N) is 1. The van der Waals surface area contributed by atoms with Gasteiger partial charge in [0, 0.05) is 14.1 Å². The monoisotopic (exact) mass is 158 g/mol. The molecule has 5 N–H and O–H groups in total. The quantitative estimate of drug-likeness (QED) is 0.194. The van der Waals surface area contributed by atoms with Crippen molar-refractivity contribution >= 4 is 7.82 Å². The molecule has 0 bridgehead atoms. The first-order valence-corrected chi connectivity index (χ1v) is 3.50. The molecule has 0 unspecified atom stereocenters. The maximum atomic E-state index is 8.88. The van der Waals surface area contributed by atoms with E-state index in [1.165, 1.54) is 5.01 Å². The van der Waals surface area contributed by atoms with Gasteiger partial charge in [-0.15, -0.1) is 0 Å². The summed E-state index contributed by atoms with van der Waals surface area (Å²) in [7, 11) is -1.08. The van der Waals surface area contributed by atoms with Gasteiger partial charge in [0.25, 0.3) is 0 Å². The zero-order valence-electron chi connectivity index (χ0n) is 5.22. The van der Waals surface area contributed by atoms with Crippen molar-refractivity contribution in [3.05, 3.63) is 0 Å². The van der Waals surface area contributed by atoms with Crippen molar-refractivity contribution in [3.8, 4) is 0 Å². The molecular formula is C2H11N2O4P. The van der Waals surface area contributed by atoms with Gasteiger partial charge >= 0.3 is 7.82 Å². The second kappa shape index (κ2) is 4.87. The van der Waals surface area contributed by atoms with Crippen molar-refractivity contribution in [2.45, 2.75) is 0 Å². The van der Waals surface area contributed by atoms with Gasteiger partial charge in [0.05, 0.1) is 0 Å². The Morgan fingerprint density at radius 2 is 1.33 bits per heavy atom. The summed E-state index contributed by atoms with van der Waals surface area (Å²) < 4.78 is 8.88. The lowest BCUT2D eigenvalue weighted by Crippen LogP contribution is -2.18. The molecule has 0 atom stereocenters. The lowest BCUT2D eigenvalue weighted by atomic mass is 11.2. The van der Waals surface area contributed by atoms with Gasteiger partial charge in [-0.1, -0.05) is 0 Å². The van der Waals surface area contributed by atoms with Gasteiger partial charge in [0.15, 0.2) is 0 Å². The first-order chi connectivity index (χ1) is 3.73. The van der Waals surface area contributed by atoms with Gasteiger partial charge in [-0.25, -0.2) is 4.57 Å². The zero-order valence-corrected chi connectivity index (χ0v) is 6.12. The number of hydrogen-bond acceptors (Lipinski definition) is 3. The van der Waals surface area contributed by atoms with Gasteiger partial charge < -0.3 is 14.7 Å². The lowest BCUT2D eigenvalue weighted by molar-refractivity contribution is 0.275. The molecule has 0 saturated heterocycles. The summed E-state index contributed by atoms with van der Waals surface area (Å²) in [5.41, 5.74) is 0. The molecule has 0 aliphatic carbocycles. The van der Waals surface area contributed by atoms with E-state index in [-0.39, 0.29) is 0 Å². The number of rotatable bonds is 0. The van der Waals surface area contributed by atoms with Crippen LogP contribution in [0.2, 0.25) is 0 Å². The average Bonchev–Trinajstić information content (AvgIpc) is 1.19. The average molecular weight is 158 g/mol. The molecule has 0 fully saturated rings. The van der Waals surface area contributed by atoms with Crippen LogP contribution in [0.3, 0.4) is 0 Å². The van der Waals surface area contributed by atoms with E-state index in [1.54, 1.807) is 14.1 Å². The van der Waals surface area contributed by atoms with Crippen molar-refractivity contribution in [3.63, 3.8) is 0 Å². The summed E-state index contributed by atoms with van der Waals surface area (Å²) in [6, 6.07) is 0. The zero-order chi connectivity index (χ0) is 8.08. The van der Waals surface area contributed by atoms with Crippen LogP contribution < -0.4 is 5.84 Å². The van der Waals surface area contributed by atoms with Gasteiger partial charge in [0.2, 0.25) is 0 Å². The second-order valence-corrected chi connectivity index (χ2v) is 2.50. The number of hydrogen-bond donors (Lipinski definition) is 4. The number of nitrogens with zero attached hydrogens (tertiary/aromatic N) is 1. The van der Waals surface area contributed by atoms with Crippen LogP contribution in [0.4, 0.5) is 0 Å². The molecule has 0 aromatic carbocycles. The maximum absolute atomic E-state index is 8.88. The molecule has 0 aromatic rings. The molecule has 7 heteroatoms. The molecule has 58 valence electrons. The topological polar surface area (TPSA) is 107 Å². The van der Waals surface area contributed by atoms with Crippen LogP contribution in [0.25, 0.3) is 0 Å². The molecule has 0 aromatic heterocycles. The summed E-state index contributed by atoms with van der Waals surface area (Å²) in [6.07, 6.45) is 0. The standard InChI is InChI=1S/C2H8N2.H3O4P/c1-4(2)3;1-5(2,3)4/h3H2,1-2H3;(H3,1,2,3,4). The summed E-state index contributed by atoms with van der Waals surface area (Å²) in [5.74, 6) is 4.94. The first kappa shape index (κ1) is 11.8. The van der Waals surface area contributed by atoms with Crippen molar-refractivity contribution in [2.75, 3.05) is 14.1 Å². The van der Waals surface area contributed by atoms with E-state index in [0.29, 0.717) is 0 Å². The summed E-state index contributed by atoms with van der Waals surface area (Å²) >= 11 is 0. The van der Waals surface area contributed by atoms with E-state index in [9.17, 15) is 0 Å². The normalized spacial score (nSPS) is 10.6. The minimum atomic E-state index is -4.64. The third-order valence-corrected chi connectivity index (χ3v) is 0. The Morgan fingerprint density at radius 3 is 1.33 bits per heavy atom. The smallest absolute Gasteiger partial charge is 0.303 e. The largest absolute Gasteiger partial charge is 0.466 e. The minimum absolute atomic E-state index is 1.50. The van der Waals surface area contributed by atoms with Crippen molar-refractivity contribution in [1.82, 2.24) is 5.01 Å². The fraction of sp³-hybridized carbons (Fsp3) is 1.00. The molecule has 0 saturated carbocycles. The van der Waals surface area contributed by atoms with E-state index in [0.717, 1.165) is 0 Å². The molecule has 0 spiro atoms. The highest BCUT2D eigenvalue weighted by molar-refractivity contribution is 7.45. The Hall–Kier alpha value is 0.0300. The van der Waals surface area contributed by atoms with Gasteiger partial charge in [0.1, 0.15) is 0 Å². The molecule has 0 aliphatic heterocycles. The Kier molecular flexibility index (Phi) is 6.37. The lowest BCUT2D eigenvalue weighted by Gasteiger charge is -1.91. The Morgan fingerprint density at radius 1 is 1.33 bits per heavy atom. The van der Waals surface area contributed by atoms with E-state index >= 15 is 0 Å². The van der Waals surface area contributed by atoms with E-state index in [1.807, 2.05) is 0 Å². The third-order valence-electron chi connectivity index (χ3n) is 0. The highest BCUT2D eigenvalue weighted by Crippen LogP contribution is 2.25. The van der Waals surface area contributed by atoms with Crippen LogP contribution in [0.5, 0.6) is 0 Å². The van der Waals surface area contributed by atoms with Crippen LogP contribution in [0, 0.1) is 0 Å². The Labute approximate surface area is 53.1 Å². The molecule has 0 radical (unpaired) electrons. The molecule has 6 nitrogen and oxygen atoms in total. The maximum Gasteiger partial charge on any atom is 0.466 e. The summed E-state index contributed by atoms with van der Waals surface area (Å²) in [4.78, 5) is 21.6.